The highest BCUT2D eigenvalue weighted by Crippen LogP contribution is 2.30. The summed E-state index contributed by atoms with van der Waals surface area (Å²) < 4.78 is 18.3. The Morgan fingerprint density at radius 1 is 1.47 bits per heavy atom. The summed E-state index contributed by atoms with van der Waals surface area (Å²) in [5, 5.41) is 10.2. The fraction of sp³-hybridized carbons (Fsp3) is 0.182. The summed E-state index contributed by atoms with van der Waals surface area (Å²) >= 11 is 0. The molecule has 4 heteroatoms. The minimum Gasteiger partial charge on any atom is -0.472 e. The molecule has 15 heavy (non-hydrogen) atoms. The molecule has 1 atom stereocenters. The van der Waals surface area contributed by atoms with Gasteiger partial charge in [-0.25, -0.2) is 4.39 Å². The van der Waals surface area contributed by atoms with Gasteiger partial charge in [0.25, 0.3) is 0 Å². The molecule has 0 fully saturated rings. The molecule has 78 valence electrons. The molecular weight excluding hydrogens is 197 g/mol. The number of pyridine rings is 1. The fourth-order valence-corrected chi connectivity index (χ4v) is 1.47. The molecule has 2 heterocycles. The predicted molar refractivity (Wildman–Crippen MR) is 51.6 cm³/mol. The van der Waals surface area contributed by atoms with Crippen LogP contribution >= 0.6 is 0 Å². The van der Waals surface area contributed by atoms with Gasteiger partial charge in [-0.3, -0.25) is 4.98 Å². The first kappa shape index (κ1) is 9.86. The van der Waals surface area contributed by atoms with Gasteiger partial charge in [0.05, 0.1) is 18.7 Å². The van der Waals surface area contributed by atoms with Crippen molar-refractivity contribution in [2.24, 2.45) is 0 Å². The average Bonchev–Trinajstić information content (AvgIpc) is 2.71. The number of halogens is 1. The van der Waals surface area contributed by atoms with Crippen LogP contribution in [-0.2, 0) is 5.60 Å². The van der Waals surface area contributed by atoms with Crippen LogP contribution in [0.15, 0.2) is 41.5 Å². The highest BCUT2D eigenvalue weighted by atomic mass is 19.1. The Bertz CT molecular complexity index is 451. The Labute approximate surface area is 86.2 Å². The highest BCUT2D eigenvalue weighted by molar-refractivity contribution is 5.32. The zero-order chi connectivity index (χ0) is 10.9. The van der Waals surface area contributed by atoms with Crippen molar-refractivity contribution in [3.05, 3.63) is 54.0 Å². The summed E-state index contributed by atoms with van der Waals surface area (Å²) in [4.78, 5) is 3.63. The van der Waals surface area contributed by atoms with E-state index in [0.29, 0.717) is 5.56 Å². The van der Waals surface area contributed by atoms with Crippen molar-refractivity contribution in [2.75, 3.05) is 0 Å². The molecule has 0 saturated heterocycles. The molecule has 0 bridgehead atoms. The van der Waals surface area contributed by atoms with Gasteiger partial charge in [0.1, 0.15) is 11.4 Å². The second-order valence-corrected chi connectivity index (χ2v) is 3.44. The molecule has 0 aliphatic carbocycles. The topological polar surface area (TPSA) is 46.3 Å². The van der Waals surface area contributed by atoms with Crippen LogP contribution in [0, 0.1) is 5.82 Å². The van der Waals surface area contributed by atoms with Gasteiger partial charge in [-0.1, -0.05) is 0 Å². The van der Waals surface area contributed by atoms with E-state index in [1.807, 2.05) is 0 Å². The summed E-state index contributed by atoms with van der Waals surface area (Å²) in [7, 11) is 0. The Balaban J connectivity index is 2.51. The standard InChI is InChI=1S/C11H10FNO2/c1-11(14,8-3-5-15-7-8)9-2-4-13-6-10(9)12/h2-7,14H,1H3. The molecular formula is C11H10FNO2. The minimum atomic E-state index is -1.40. The quantitative estimate of drug-likeness (QED) is 0.819. The lowest BCUT2D eigenvalue weighted by atomic mass is 9.90. The van der Waals surface area contributed by atoms with Gasteiger partial charge in [0.2, 0.25) is 0 Å². The zero-order valence-corrected chi connectivity index (χ0v) is 8.14. The first-order chi connectivity index (χ1) is 7.12. The lowest BCUT2D eigenvalue weighted by Crippen LogP contribution is -2.23. The van der Waals surface area contributed by atoms with Crippen molar-refractivity contribution in [2.45, 2.75) is 12.5 Å². The number of furan rings is 1. The maximum atomic E-state index is 13.4. The maximum Gasteiger partial charge on any atom is 0.147 e. The van der Waals surface area contributed by atoms with E-state index in [-0.39, 0.29) is 5.56 Å². The van der Waals surface area contributed by atoms with E-state index < -0.39 is 11.4 Å². The number of aliphatic hydroxyl groups is 1. The van der Waals surface area contributed by atoms with Crippen LogP contribution in [0.5, 0.6) is 0 Å². The fourth-order valence-electron chi connectivity index (χ4n) is 1.47. The zero-order valence-electron chi connectivity index (χ0n) is 8.14. The van der Waals surface area contributed by atoms with Crippen LogP contribution in [0.3, 0.4) is 0 Å². The smallest absolute Gasteiger partial charge is 0.147 e. The summed E-state index contributed by atoms with van der Waals surface area (Å²) in [6.45, 7) is 1.51. The van der Waals surface area contributed by atoms with E-state index in [2.05, 4.69) is 4.98 Å². The largest absolute Gasteiger partial charge is 0.472 e. The number of hydrogen-bond acceptors (Lipinski definition) is 3. The lowest BCUT2D eigenvalue weighted by Gasteiger charge is -2.22. The molecule has 2 aromatic rings. The van der Waals surface area contributed by atoms with Crippen molar-refractivity contribution in [3.63, 3.8) is 0 Å². The predicted octanol–water partition coefficient (Wildman–Crippen LogP) is 2.07. The molecule has 0 aliphatic heterocycles. The first-order valence-corrected chi connectivity index (χ1v) is 4.47. The van der Waals surface area contributed by atoms with Crippen LogP contribution in [0.2, 0.25) is 0 Å². The van der Waals surface area contributed by atoms with Crippen molar-refractivity contribution >= 4 is 0 Å². The van der Waals surface area contributed by atoms with E-state index in [0.717, 1.165) is 6.20 Å². The minimum absolute atomic E-state index is 0.180. The van der Waals surface area contributed by atoms with Gasteiger partial charge in [0.15, 0.2) is 0 Å². The van der Waals surface area contributed by atoms with Crippen LogP contribution < -0.4 is 0 Å². The summed E-state index contributed by atoms with van der Waals surface area (Å²) in [6.07, 6.45) is 5.33. The molecule has 0 aliphatic rings. The molecule has 2 rings (SSSR count). The monoisotopic (exact) mass is 207 g/mol. The van der Waals surface area contributed by atoms with Gasteiger partial charge in [-0.05, 0) is 19.1 Å². The lowest BCUT2D eigenvalue weighted by molar-refractivity contribution is 0.0971. The van der Waals surface area contributed by atoms with E-state index >= 15 is 0 Å². The maximum absolute atomic E-state index is 13.4. The van der Waals surface area contributed by atoms with Crippen molar-refractivity contribution in [1.82, 2.24) is 4.98 Å². The summed E-state index contributed by atoms with van der Waals surface area (Å²) in [5.74, 6) is -0.538. The number of rotatable bonds is 2. The molecule has 3 nitrogen and oxygen atoms in total. The van der Waals surface area contributed by atoms with Gasteiger partial charge in [-0.15, -0.1) is 0 Å². The summed E-state index contributed by atoms with van der Waals surface area (Å²) in [6, 6.07) is 3.04. The van der Waals surface area contributed by atoms with Gasteiger partial charge >= 0.3 is 0 Å². The molecule has 0 amide bonds. The first-order valence-electron chi connectivity index (χ1n) is 4.47. The SMILES string of the molecule is CC(O)(c1ccoc1)c1ccncc1F. The number of hydrogen-bond donors (Lipinski definition) is 1. The van der Waals surface area contributed by atoms with Crippen molar-refractivity contribution in [3.8, 4) is 0 Å². The van der Waals surface area contributed by atoms with E-state index in [9.17, 15) is 9.50 Å². The molecule has 0 saturated carbocycles. The van der Waals surface area contributed by atoms with Crippen molar-refractivity contribution < 1.29 is 13.9 Å². The van der Waals surface area contributed by atoms with E-state index in [1.54, 1.807) is 6.07 Å². The molecule has 0 radical (unpaired) electrons. The normalized spacial score (nSPS) is 14.9. The Morgan fingerprint density at radius 3 is 2.87 bits per heavy atom. The van der Waals surface area contributed by atoms with Crippen LogP contribution in [0.4, 0.5) is 4.39 Å². The third-order valence-electron chi connectivity index (χ3n) is 2.38. The van der Waals surface area contributed by atoms with E-state index in [1.165, 1.54) is 31.7 Å². The van der Waals surface area contributed by atoms with Gasteiger partial charge < -0.3 is 9.52 Å². The molecule has 0 aromatic carbocycles. The molecule has 0 spiro atoms. The van der Waals surface area contributed by atoms with Gasteiger partial charge in [-0.2, -0.15) is 0 Å². The second-order valence-electron chi connectivity index (χ2n) is 3.44. The molecule has 1 unspecified atom stereocenters. The Hall–Kier alpha value is -1.68. The number of nitrogens with zero attached hydrogens (tertiary/aromatic N) is 1. The Kier molecular flexibility index (Phi) is 2.28. The van der Waals surface area contributed by atoms with Crippen LogP contribution in [0.25, 0.3) is 0 Å². The second kappa shape index (κ2) is 3.47. The Morgan fingerprint density at radius 2 is 2.27 bits per heavy atom. The van der Waals surface area contributed by atoms with Crippen LogP contribution in [-0.4, -0.2) is 10.1 Å². The number of aromatic nitrogens is 1. The summed E-state index contributed by atoms with van der Waals surface area (Å²) in [5.41, 5.74) is -0.716. The van der Waals surface area contributed by atoms with Crippen molar-refractivity contribution in [1.29, 1.82) is 0 Å². The van der Waals surface area contributed by atoms with E-state index in [4.69, 9.17) is 4.42 Å². The van der Waals surface area contributed by atoms with Crippen LogP contribution in [0.1, 0.15) is 18.1 Å². The highest BCUT2D eigenvalue weighted by Gasteiger charge is 2.29. The molecule has 1 N–H and O–H groups in total. The molecule has 2 aromatic heterocycles. The van der Waals surface area contributed by atoms with Gasteiger partial charge in [0, 0.05) is 17.3 Å². The average molecular weight is 207 g/mol. The third-order valence-corrected chi connectivity index (χ3v) is 2.38. The third kappa shape index (κ3) is 1.64.